The maximum Gasteiger partial charge on any atom is 0.129 e. The minimum atomic E-state index is -0.215. The summed E-state index contributed by atoms with van der Waals surface area (Å²) in [4.78, 5) is 2.31. The van der Waals surface area contributed by atoms with Gasteiger partial charge in [0, 0.05) is 23.2 Å². The van der Waals surface area contributed by atoms with Crippen LogP contribution >= 0.6 is 11.6 Å². The van der Waals surface area contributed by atoms with Gasteiger partial charge in [-0.1, -0.05) is 31.0 Å². The van der Waals surface area contributed by atoms with Crippen LogP contribution in [-0.4, -0.2) is 24.0 Å². The Bertz CT molecular complexity index is 404. The molecule has 0 amide bonds. The Balaban J connectivity index is 2.15. The van der Waals surface area contributed by atoms with E-state index in [0.29, 0.717) is 35.6 Å². The highest BCUT2D eigenvalue weighted by Gasteiger charge is 2.31. The predicted octanol–water partition coefficient (Wildman–Crippen LogP) is 3.43. The van der Waals surface area contributed by atoms with Crippen LogP contribution in [0.15, 0.2) is 18.2 Å². The van der Waals surface area contributed by atoms with E-state index in [1.165, 1.54) is 18.9 Å². The van der Waals surface area contributed by atoms with Gasteiger partial charge < -0.3 is 5.73 Å². The van der Waals surface area contributed by atoms with E-state index in [2.05, 4.69) is 11.8 Å². The van der Waals surface area contributed by atoms with E-state index in [0.717, 1.165) is 13.0 Å². The standard InChI is InChI=1S/C15H22ClFN2/c1-2-19(15-8-3-5-11(15)9-18)10-12-13(16)6-4-7-14(12)17/h4,6-7,11,15H,2-3,5,8-10,18H2,1H3. The lowest BCUT2D eigenvalue weighted by molar-refractivity contribution is 0.160. The highest BCUT2D eigenvalue weighted by Crippen LogP contribution is 2.31. The second-order valence-corrected chi connectivity index (χ2v) is 5.66. The number of hydrogen-bond donors (Lipinski definition) is 1. The van der Waals surface area contributed by atoms with Crippen LogP contribution in [0.25, 0.3) is 0 Å². The normalized spacial score (nSPS) is 23.2. The van der Waals surface area contributed by atoms with Gasteiger partial charge in [0.05, 0.1) is 0 Å². The third-order valence-electron chi connectivity index (χ3n) is 4.22. The molecule has 0 bridgehead atoms. The first-order valence-corrected chi connectivity index (χ1v) is 7.42. The van der Waals surface area contributed by atoms with Gasteiger partial charge in [0.1, 0.15) is 5.82 Å². The molecule has 4 heteroatoms. The SMILES string of the molecule is CCN(Cc1c(F)cccc1Cl)C1CCCC1CN. The largest absolute Gasteiger partial charge is 0.330 e. The number of hydrogen-bond acceptors (Lipinski definition) is 2. The highest BCUT2D eigenvalue weighted by molar-refractivity contribution is 6.31. The first kappa shape index (κ1) is 14.8. The zero-order valence-electron chi connectivity index (χ0n) is 11.4. The molecule has 0 spiro atoms. The quantitative estimate of drug-likeness (QED) is 0.898. The molecule has 1 fully saturated rings. The molecule has 0 aliphatic heterocycles. The zero-order valence-corrected chi connectivity index (χ0v) is 12.2. The molecule has 0 radical (unpaired) electrons. The fourth-order valence-electron chi connectivity index (χ4n) is 3.12. The van der Waals surface area contributed by atoms with E-state index < -0.39 is 0 Å². The first-order valence-electron chi connectivity index (χ1n) is 7.04. The number of rotatable bonds is 5. The third-order valence-corrected chi connectivity index (χ3v) is 4.57. The Morgan fingerprint density at radius 3 is 2.84 bits per heavy atom. The molecular weight excluding hydrogens is 263 g/mol. The van der Waals surface area contributed by atoms with Crippen molar-refractivity contribution < 1.29 is 4.39 Å². The van der Waals surface area contributed by atoms with Crippen molar-refractivity contribution in [3.63, 3.8) is 0 Å². The van der Waals surface area contributed by atoms with E-state index in [1.54, 1.807) is 12.1 Å². The minimum Gasteiger partial charge on any atom is -0.330 e. The molecule has 1 aliphatic carbocycles. The second kappa shape index (κ2) is 6.69. The molecular formula is C15H22ClFN2. The van der Waals surface area contributed by atoms with E-state index in [9.17, 15) is 4.39 Å². The van der Waals surface area contributed by atoms with Gasteiger partial charge in [-0.25, -0.2) is 4.39 Å². The van der Waals surface area contributed by atoms with Gasteiger partial charge >= 0.3 is 0 Å². The van der Waals surface area contributed by atoms with Gasteiger partial charge in [-0.15, -0.1) is 0 Å². The van der Waals surface area contributed by atoms with Crippen molar-refractivity contribution in [3.05, 3.63) is 34.6 Å². The minimum absolute atomic E-state index is 0.215. The molecule has 2 unspecified atom stereocenters. The van der Waals surface area contributed by atoms with Gasteiger partial charge in [-0.05, 0) is 44.0 Å². The summed E-state index contributed by atoms with van der Waals surface area (Å²) < 4.78 is 13.9. The fraction of sp³-hybridized carbons (Fsp3) is 0.600. The van der Waals surface area contributed by atoms with Crippen LogP contribution in [0.2, 0.25) is 5.02 Å². The molecule has 1 aromatic carbocycles. The van der Waals surface area contributed by atoms with E-state index >= 15 is 0 Å². The molecule has 0 aromatic heterocycles. The van der Waals surface area contributed by atoms with Gasteiger partial charge in [-0.3, -0.25) is 4.90 Å². The topological polar surface area (TPSA) is 29.3 Å². The van der Waals surface area contributed by atoms with Gasteiger partial charge in [0.15, 0.2) is 0 Å². The van der Waals surface area contributed by atoms with Crippen molar-refractivity contribution >= 4 is 11.6 Å². The van der Waals surface area contributed by atoms with Crippen molar-refractivity contribution in [2.45, 2.75) is 38.8 Å². The third kappa shape index (κ3) is 3.28. The van der Waals surface area contributed by atoms with Crippen molar-refractivity contribution in [1.29, 1.82) is 0 Å². The van der Waals surface area contributed by atoms with Crippen molar-refractivity contribution in [2.24, 2.45) is 11.7 Å². The molecule has 2 atom stereocenters. The Morgan fingerprint density at radius 1 is 1.42 bits per heavy atom. The second-order valence-electron chi connectivity index (χ2n) is 5.26. The van der Waals surface area contributed by atoms with Crippen LogP contribution in [0.1, 0.15) is 31.7 Å². The smallest absolute Gasteiger partial charge is 0.129 e. The molecule has 0 saturated heterocycles. The summed E-state index contributed by atoms with van der Waals surface area (Å²) >= 11 is 6.12. The van der Waals surface area contributed by atoms with Crippen molar-refractivity contribution in [1.82, 2.24) is 4.90 Å². The Kier molecular flexibility index (Phi) is 5.20. The van der Waals surface area contributed by atoms with Crippen LogP contribution in [-0.2, 0) is 6.54 Å². The van der Waals surface area contributed by atoms with Crippen LogP contribution in [0.3, 0.4) is 0 Å². The number of halogens is 2. The lowest BCUT2D eigenvalue weighted by atomic mass is 10.0. The molecule has 0 heterocycles. The van der Waals surface area contributed by atoms with Gasteiger partial charge in [0.2, 0.25) is 0 Å². The highest BCUT2D eigenvalue weighted by atomic mass is 35.5. The van der Waals surface area contributed by atoms with Crippen molar-refractivity contribution in [2.75, 3.05) is 13.1 Å². The lowest BCUT2D eigenvalue weighted by Crippen LogP contribution is -2.40. The molecule has 1 saturated carbocycles. The summed E-state index contributed by atoms with van der Waals surface area (Å²) in [6.07, 6.45) is 3.55. The van der Waals surface area contributed by atoms with E-state index in [4.69, 9.17) is 17.3 Å². The summed E-state index contributed by atoms with van der Waals surface area (Å²) in [5.74, 6) is 0.318. The van der Waals surface area contributed by atoms with Crippen LogP contribution in [0.4, 0.5) is 4.39 Å². The Morgan fingerprint density at radius 2 is 2.21 bits per heavy atom. The Hall–Kier alpha value is -0.640. The number of nitrogens with zero attached hydrogens (tertiary/aromatic N) is 1. The average Bonchev–Trinajstić information content (AvgIpc) is 2.87. The molecule has 106 valence electrons. The monoisotopic (exact) mass is 284 g/mol. The molecule has 19 heavy (non-hydrogen) atoms. The Labute approximate surface area is 119 Å². The molecule has 2 N–H and O–H groups in total. The van der Waals surface area contributed by atoms with Crippen molar-refractivity contribution in [3.8, 4) is 0 Å². The zero-order chi connectivity index (χ0) is 13.8. The lowest BCUT2D eigenvalue weighted by Gasteiger charge is -2.32. The van der Waals surface area contributed by atoms with E-state index in [-0.39, 0.29) is 5.82 Å². The van der Waals surface area contributed by atoms with E-state index in [1.807, 2.05) is 0 Å². The fourth-order valence-corrected chi connectivity index (χ4v) is 3.35. The predicted molar refractivity (Wildman–Crippen MR) is 77.7 cm³/mol. The number of benzene rings is 1. The van der Waals surface area contributed by atoms with Gasteiger partial charge in [0.25, 0.3) is 0 Å². The molecule has 1 aromatic rings. The summed E-state index contributed by atoms with van der Waals surface area (Å²) in [5, 5.41) is 0.515. The maximum atomic E-state index is 13.9. The average molecular weight is 285 g/mol. The molecule has 2 rings (SSSR count). The van der Waals surface area contributed by atoms with Crippen LogP contribution < -0.4 is 5.73 Å². The molecule has 1 aliphatic rings. The van der Waals surface area contributed by atoms with Gasteiger partial charge in [-0.2, -0.15) is 0 Å². The summed E-state index contributed by atoms with van der Waals surface area (Å²) in [6.45, 7) is 4.29. The van der Waals surface area contributed by atoms with Crippen LogP contribution in [0.5, 0.6) is 0 Å². The summed E-state index contributed by atoms with van der Waals surface area (Å²) in [6, 6.07) is 5.34. The van der Waals surface area contributed by atoms with Crippen LogP contribution in [0, 0.1) is 11.7 Å². The summed E-state index contributed by atoms with van der Waals surface area (Å²) in [7, 11) is 0. The summed E-state index contributed by atoms with van der Waals surface area (Å²) in [5.41, 5.74) is 6.45. The molecule has 2 nitrogen and oxygen atoms in total. The number of nitrogens with two attached hydrogens (primary N) is 1. The maximum absolute atomic E-state index is 13.9. The first-order chi connectivity index (χ1) is 9.17.